The van der Waals surface area contributed by atoms with Crippen molar-refractivity contribution in [3.05, 3.63) is 94.8 Å². The summed E-state index contributed by atoms with van der Waals surface area (Å²) in [6.07, 6.45) is 3.01. The molecule has 0 fully saturated rings. The number of rotatable bonds is 6. The molecule has 3 aromatic rings. The quantitative estimate of drug-likeness (QED) is 0.453. The minimum Gasteiger partial charge on any atom is -0.371 e. The SMILES string of the molecule is O=C(NC1CCCc2ccccc21)c1ccc2c(c1)NC(=O)C(CSCc1ccc(F)cc1)N2. The third kappa shape index (κ3) is 4.94. The molecule has 2 atom stereocenters. The number of hydrogen-bond donors (Lipinski definition) is 3. The smallest absolute Gasteiger partial charge is 0.251 e. The summed E-state index contributed by atoms with van der Waals surface area (Å²) in [6.45, 7) is 0. The molecule has 0 saturated heterocycles. The molecule has 5 nitrogen and oxygen atoms in total. The van der Waals surface area contributed by atoms with Crippen molar-refractivity contribution in [2.24, 2.45) is 0 Å². The monoisotopic (exact) mass is 475 g/mol. The Morgan fingerprint density at radius 3 is 2.74 bits per heavy atom. The molecule has 174 valence electrons. The summed E-state index contributed by atoms with van der Waals surface area (Å²) in [5.74, 6) is 0.748. The van der Waals surface area contributed by atoms with E-state index in [-0.39, 0.29) is 29.7 Å². The first-order valence-electron chi connectivity index (χ1n) is 11.5. The average Bonchev–Trinajstić information content (AvgIpc) is 2.85. The summed E-state index contributed by atoms with van der Waals surface area (Å²) in [5.41, 5.74) is 5.43. The lowest BCUT2D eigenvalue weighted by molar-refractivity contribution is -0.116. The molecule has 2 unspecified atom stereocenters. The van der Waals surface area contributed by atoms with Crippen LogP contribution in [0.4, 0.5) is 15.8 Å². The Morgan fingerprint density at radius 1 is 1.06 bits per heavy atom. The van der Waals surface area contributed by atoms with E-state index in [0.717, 1.165) is 30.5 Å². The van der Waals surface area contributed by atoms with Gasteiger partial charge in [0.1, 0.15) is 11.9 Å². The third-order valence-corrected chi connectivity index (χ3v) is 7.43. The van der Waals surface area contributed by atoms with E-state index in [1.54, 1.807) is 36.0 Å². The highest BCUT2D eigenvalue weighted by atomic mass is 32.2. The maximum atomic E-state index is 13.1. The first-order chi connectivity index (χ1) is 16.6. The zero-order valence-electron chi connectivity index (χ0n) is 18.6. The Morgan fingerprint density at radius 2 is 1.88 bits per heavy atom. The number of anilines is 2. The fourth-order valence-electron chi connectivity index (χ4n) is 4.53. The maximum Gasteiger partial charge on any atom is 0.251 e. The van der Waals surface area contributed by atoms with Gasteiger partial charge in [-0.15, -0.1) is 0 Å². The van der Waals surface area contributed by atoms with Crippen LogP contribution in [0, 0.1) is 5.82 Å². The minimum absolute atomic E-state index is 0.00344. The number of fused-ring (bicyclic) bond motifs is 2. The molecule has 1 heterocycles. The van der Waals surface area contributed by atoms with E-state index in [1.165, 1.54) is 23.3 Å². The molecular weight excluding hydrogens is 449 g/mol. The lowest BCUT2D eigenvalue weighted by Crippen LogP contribution is -2.40. The van der Waals surface area contributed by atoms with E-state index in [1.807, 2.05) is 18.2 Å². The van der Waals surface area contributed by atoms with Crippen molar-refractivity contribution in [3.8, 4) is 0 Å². The summed E-state index contributed by atoms with van der Waals surface area (Å²) in [4.78, 5) is 25.6. The van der Waals surface area contributed by atoms with Crippen molar-refractivity contribution < 1.29 is 14.0 Å². The Kier molecular flexibility index (Phi) is 6.54. The van der Waals surface area contributed by atoms with Crippen LogP contribution in [0.3, 0.4) is 0 Å². The summed E-state index contributed by atoms with van der Waals surface area (Å²) < 4.78 is 13.1. The van der Waals surface area contributed by atoms with E-state index < -0.39 is 0 Å². The minimum atomic E-state index is -0.378. The number of benzene rings is 3. The first-order valence-corrected chi connectivity index (χ1v) is 12.6. The largest absolute Gasteiger partial charge is 0.371 e. The molecule has 0 bridgehead atoms. The lowest BCUT2D eigenvalue weighted by Gasteiger charge is -2.28. The van der Waals surface area contributed by atoms with Crippen molar-refractivity contribution in [3.63, 3.8) is 0 Å². The topological polar surface area (TPSA) is 70.2 Å². The maximum absolute atomic E-state index is 13.1. The van der Waals surface area contributed by atoms with Gasteiger partial charge < -0.3 is 16.0 Å². The van der Waals surface area contributed by atoms with E-state index in [0.29, 0.717) is 22.8 Å². The highest BCUT2D eigenvalue weighted by Crippen LogP contribution is 2.32. The highest BCUT2D eigenvalue weighted by molar-refractivity contribution is 7.98. The first kappa shape index (κ1) is 22.5. The molecule has 0 aromatic heterocycles. The third-order valence-electron chi connectivity index (χ3n) is 6.33. The second-order valence-corrected chi connectivity index (χ2v) is 9.74. The van der Waals surface area contributed by atoms with E-state index in [2.05, 4.69) is 28.1 Å². The van der Waals surface area contributed by atoms with Crippen molar-refractivity contribution in [1.29, 1.82) is 0 Å². The number of thioether (sulfide) groups is 1. The number of carbonyl (C=O) groups excluding carboxylic acids is 2. The van der Waals surface area contributed by atoms with Gasteiger partial charge in [0.15, 0.2) is 0 Å². The summed E-state index contributed by atoms with van der Waals surface area (Å²) in [6, 6.07) is 19.6. The van der Waals surface area contributed by atoms with Gasteiger partial charge in [-0.1, -0.05) is 36.4 Å². The van der Waals surface area contributed by atoms with Crippen LogP contribution < -0.4 is 16.0 Å². The molecular formula is C27H26FN3O2S. The molecule has 0 saturated carbocycles. The predicted octanol–water partition coefficient (Wildman–Crippen LogP) is 5.30. The molecule has 0 radical (unpaired) electrons. The van der Waals surface area contributed by atoms with Crippen LogP contribution in [0.5, 0.6) is 0 Å². The van der Waals surface area contributed by atoms with Crippen LogP contribution in [0.1, 0.15) is 45.9 Å². The molecule has 3 aromatic carbocycles. The second kappa shape index (κ2) is 9.89. The van der Waals surface area contributed by atoms with Crippen molar-refractivity contribution >= 4 is 35.0 Å². The van der Waals surface area contributed by atoms with Gasteiger partial charge in [-0.05, 0) is 66.3 Å². The van der Waals surface area contributed by atoms with Crippen LogP contribution in [0.25, 0.3) is 0 Å². The van der Waals surface area contributed by atoms with Crippen LogP contribution >= 0.6 is 11.8 Å². The van der Waals surface area contributed by atoms with Gasteiger partial charge in [0, 0.05) is 17.1 Å². The van der Waals surface area contributed by atoms with Crippen molar-refractivity contribution in [2.75, 3.05) is 16.4 Å². The van der Waals surface area contributed by atoms with E-state index >= 15 is 0 Å². The molecule has 1 aliphatic heterocycles. The molecule has 5 rings (SSSR count). The van der Waals surface area contributed by atoms with Gasteiger partial charge in [0.2, 0.25) is 5.91 Å². The molecule has 3 N–H and O–H groups in total. The van der Waals surface area contributed by atoms with E-state index in [4.69, 9.17) is 0 Å². The van der Waals surface area contributed by atoms with Gasteiger partial charge in [0.05, 0.1) is 17.4 Å². The van der Waals surface area contributed by atoms with E-state index in [9.17, 15) is 14.0 Å². The van der Waals surface area contributed by atoms with Crippen LogP contribution in [0.2, 0.25) is 0 Å². The van der Waals surface area contributed by atoms with Gasteiger partial charge in [-0.25, -0.2) is 4.39 Å². The zero-order chi connectivity index (χ0) is 23.5. The lowest BCUT2D eigenvalue weighted by atomic mass is 9.87. The van der Waals surface area contributed by atoms with Gasteiger partial charge in [-0.2, -0.15) is 11.8 Å². The highest BCUT2D eigenvalue weighted by Gasteiger charge is 2.27. The fraction of sp³-hybridized carbons (Fsp3) is 0.259. The number of halogens is 1. The summed E-state index contributed by atoms with van der Waals surface area (Å²) >= 11 is 1.61. The van der Waals surface area contributed by atoms with Crippen molar-refractivity contribution in [1.82, 2.24) is 5.32 Å². The van der Waals surface area contributed by atoms with Crippen LogP contribution in [-0.2, 0) is 17.0 Å². The second-order valence-electron chi connectivity index (χ2n) is 8.71. The Balaban J connectivity index is 1.21. The van der Waals surface area contributed by atoms with Gasteiger partial charge >= 0.3 is 0 Å². The normalized spacial score (nSPS) is 18.8. The van der Waals surface area contributed by atoms with Crippen LogP contribution in [0.15, 0.2) is 66.7 Å². The van der Waals surface area contributed by atoms with Crippen LogP contribution in [-0.4, -0.2) is 23.6 Å². The van der Waals surface area contributed by atoms with Gasteiger partial charge in [-0.3, -0.25) is 9.59 Å². The molecule has 0 spiro atoms. The number of amides is 2. The standard InChI is InChI=1S/C27H26FN3O2S/c28-20-11-8-17(9-12-20)15-34-16-25-27(33)31-24-14-19(10-13-23(24)29-25)26(32)30-22-7-3-5-18-4-1-2-6-21(18)22/h1-2,4,6,8-14,22,25,29H,3,5,7,15-16H2,(H,30,32)(H,31,33). The summed E-state index contributed by atoms with van der Waals surface area (Å²) in [7, 11) is 0. The number of nitrogens with one attached hydrogen (secondary N) is 3. The molecule has 2 amide bonds. The van der Waals surface area contributed by atoms with Crippen molar-refractivity contribution in [2.45, 2.75) is 37.1 Å². The zero-order valence-corrected chi connectivity index (χ0v) is 19.5. The molecule has 34 heavy (non-hydrogen) atoms. The Bertz CT molecular complexity index is 1210. The number of carbonyl (C=O) groups is 2. The summed E-state index contributed by atoms with van der Waals surface area (Å²) in [5, 5.41) is 9.38. The Hall–Kier alpha value is -3.32. The molecule has 7 heteroatoms. The average molecular weight is 476 g/mol. The fourth-order valence-corrected chi connectivity index (χ4v) is 5.54. The predicted molar refractivity (Wildman–Crippen MR) is 135 cm³/mol. The number of aryl methyl sites for hydroxylation is 1. The molecule has 2 aliphatic rings. The molecule has 1 aliphatic carbocycles. The number of hydrogen-bond acceptors (Lipinski definition) is 4. The van der Waals surface area contributed by atoms with Gasteiger partial charge in [0.25, 0.3) is 5.91 Å². The Labute approximate surface area is 202 Å².